The zero-order valence-electron chi connectivity index (χ0n) is 14.0. The Labute approximate surface area is 140 Å². The first-order chi connectivity index (χ1) is 11.6. The molecule has 2 atom stereocenters. The van der Waals surface area contributed by atoms with E-state index in [9.17, 15) is 9.18 Å². The second-order valence-corrected chi connectivity index (χ2v) is 7.21. The topological polar surface area (TPSA) is 52.2 Å². The van der Waals surface area contributed by atoms with E-state index < -0.39 is 0 Å². The maximum absolute atomic E-state index is 13.2. The molecule has 1 amide bonds. The SMILES string of the molecule is CN1C[C@H]2CC[C@@H](C1)N(C(=O)CCc1nc3ccc(F)cc3[nH]1)C2. The zero-order chi connectivity index (χ0) is 16.7. The first-order valence-corrected chi connectivity index (χ1v) is 8.70. The van der Waals surface area contributed by atoms with E-state index in [-0.39, 0.29) is 11.7 Å². The fourth-order valence-electron chi connectivity index (χ4n) is 4.14. The number of aryl methyl sites for hydroxylation is 1. The molecule has 5 rings (SSSR count). The number of imidazole rings is 1. The predicted molar refractivity (Wildman–Crippen MR) is 90.1 cm³/mol. The minimum Gasteiger partial charge on any atom is -0.342 e. The quantitative estimate of drug-likeness (QED) is 0.938. The molecule has 1 aromatic carbocycles. The molecule has 3 aliphatic rings. The summed E-state index contributed by atoms with van der Waals surface area (Å²) in [6.07, 6.45) is 3.37. The summed E-state index contributed by atoms with van der Waals surface area (Å²) in [5.74, 6) is 1.29. The highest BCUT2D eigenvalue weighted by Gasteiger charge is 2.35. The fraction of sp³-hybridized carbons (Fsp3) is 0.556. The minimum absolute atomic E-state index is 0.214. The van der Waals surface area contributed by atoms with Gasteiger partial charge in [-0.3, -0.25) is 4.79 Å². The van der Waals surface area contributed by atoms with Crippen molar-refractivity contribution >= 4 is 16.9 Å². The third-order valence-electron chi connectivity index (χ3n) is 5.29. The van der Waals surface area contributed by atoms with E-state index in [1.165, 1.54) is 18.6 Å². The van der Waals surface area contributed by atoms with Crippen LogP contribution >= 0.6 is 0 Å². The van der Waals surface area contributed by atoms with Gasteiger partial charge in [-0.25, -0.2) is 9.37 Å². The summed E-state index contributed by atoms with van der Waals surface area (Å²) in [7, 11) is 2.15. The molecule has 128 valence electrons. The van der Waals surface area contributed by atoms with Gasteiger partial charge in [-0.05, 0) is 44.0 Å². The molecule has 0 saturated carbocycles. The zero-order valence-corrected chi connectivity index (χ0v) is 14.0. The molecule has 4 heterocycles. The number of H-pyrrole nitrogens is 1. The Balaban J connectivity index is 1.42. The number of likely N-dealkylation sites (N-methyl/N-ethyl adjacent to an activating group) is 1. The standard InChI is InChI=1S/C18H23FN4O/c1-22-9-12-2-4-14(11-22)23(10-12)18(24)7-6-17-20-15-5-3-13(19)8-16(15)21-17/h3,5,8,12,14H,2,4,6-7,9-11H2,1H3,(H,20,21)/t12-,14+/m1/s1. The van der Waals surface area contributed by atoms with Crippen LogP contribution in [0.2, 0.25) is 0 Å². The number of nitrogens with one attached hydrogen (secondary N) is 1. The Morgan fingerprint density at radius 3 is 3.08 bits per heavy atom. The fourth-order valence-corrected chi connectivity index (χ4v) is 4.14. The van der Waals surface area contributed by atoms with Crippen molar-refractivity contribution in [3.63, 3.8) is 0 Å². The molecule has 6 heteroatoms. The number of hydrogen-bond acceptors (Lipinski definition) is 3. The molecule has 2 aromatic rings. The van der Waals surface area contributed by atoms with Crippen LogP contribution in [0.3, 0.4) is 0 Å². The highest BCUT2D eigenvalue weighted by molar-refractivity contribution is 5.78. The Morgan fingerprint density at radius 2 is 2.21 bits per heavy atom. The molecular formula is C18H23FN4O. The molecule has 3 aliphatic heterocycles. The van der Waals surface area contributed by atoms with Crippen molar-refractivity contribution in [2.75, 3.05) is 26.7 Å². The van der Waals surface area contributed by atoms with E-state index >= 15 is 0 Å². The summed E-state index contributed by atoms with van der Waals surface area (Å²) in [6.45, 7) is 2.96. The number of nitrogens with zero attached hydrogens (tertiary/aromatic N) is 3. The highest BCUT2D eigenvalue weighted by atomic mass is 19.1. The summed E-state index contributed by atoms with van der Waals surface area (Å²) in [5.41, 5.74) is 1.43. The number of carbonyl (C=O) groups is 1. The number of halogens is 1. The largest absolute Gasteiger partial charge is 0.342 e. The van der Waals surface area contributed by atoms with Crippen LogP contribution < -0.4 is 0 Å². The van der Waals surface area contributed by atoms with Gasteiger partial charge in [0, 0.05) is 38.5 Å². The summed E-state index contributed by atoms with van der Waals surface area (Å²) in [6, 6.07) is 4.86. The van der Waals surface area contributed by atoms with Crippen molar-refractivity contribution in [2.24, 2.45) is 5.92 Å². The van der Waals surface area contributed by atoms with Gasteiger partial charge >= 0.3 is 0 Å². The van der Waals surface area contributed by atoms with Crippen LogP contribution in [0.15, 0.2) is 18.2 Å². The van der Waals surface area contributed by atoms with Gasteiger partial charge in [-0.2, -0.15) is 0 Å². The number of carbonyl (C=O) groups excluding carboxylic acids is 1. The molecule has 24 heavy (non-hydrogen) atoms. The van der Waals surface area contributed by atoms with Crippen molar-refractivity contribution in [2.45, 2.75) is 31.7 Å². The summed E-state index contributed by atoms with van der Waals surface area (Å²) < 4.78 is 13.2. The lowest BCUT2D eigenvalue weighted by Gasteiger charge is -2.36. The average Bonchev–Trinajstić information content (AvgIpc) is 2.77. The summed E-state index contributed by atoms with van der Waals surface area (Å²) in [4.78, 5) is 24.7. The summed E-state index contributed by atoms with van der Waals surface area (Å²) >= 11 is 0. The predicted octanol–water partition coefficient (Wildman–Crippen LogP) is 2.19. The molecule has 0 unspecified atom stereocenters. The van der Waals surface area contributed by atoms with E-state index in [0.29, 0.717) is 30.3 Å². The smallest absolute Gasteiger partial charge is 0.223 e. The number of benzene rings is 1. The van der Waals surface area contributed by atoms with Gasteiger partial charge in [-0.15, -0.1) is 0 Å². The van der Waals surface area contributed by atoms with Gasteiger partial charge in [0.2, 0.25) is 5.91 Å². The summed E-state index contributed by atoms with van der Waals surface area (Å²) in [5, 5.41) is 0. The Kier molecular flexibility index (Phi) is 4.00. The van der Waals surface area contributed by atoms with Crippen LogP contribution in [0.4, 0.5) is 4.39 Å². The van der Waals surface area contributed by atoms with E-state index in [1.54, 1.807) is 6.07 Å². The van der Waals surface area contributed by atoms with Gasteiger partial charge < -0.3 is 14.8 Å². The number of rotatable bonds is 3. The normalized spacial score (nSPS) is 24.5. The van der Waals surface area contributed by atoms with Crippen molar-refractivity contribution in [3.05, 3.63) is 29.8 Å². The number of fused-ring (bicyclic) bond motifs is 5. The highest BCUT2D eigenvalue weighted by Crippen LogP contribution is 2.28. The number of aromatic amines is 1. The third kappa shape index (κ3) is 3.02. The van der Waals surface area contributed by atoms with Gasteiger partial charge in [0.1, 0.15) is 11.6 Å². The van der Waals surface area contributed by atoms with Gasteiger partial charge in [0.05, 0.1) is 11.0 Å². The van der Waals surface area contributed by atoms with E-state index in [1.807, 2.05) is 0 Å². The Bertz CT molecular complexity index is 759. The molecule has 2 bridgehead atoms. The second-order valence-electron chi connectivity index (χ2n) is 7.21. The van der Waals surface area contributed by atoms with Gasteiger partial charge in [0.25, 0.3) is 0 Å². The van der Waals surface area contributed by atoms with Crippen molar-refractivity contribution in [1.29, 1.82) is 0 Å². The molecule has 1 N–H and O–H groups in total. The van der Waals surface area contributed by atoms with E-state index in [4.69, 9.17) is 0 Å². The lowest BCUT2D eigenvalue weighted by Crippen LogP contribution is -2.47. The third-order valence-corrected chi connectivity index (χ3v) is 5.29. The molecule has 0 radical (unpaired) electrons. The molecule has 1 aromatic heterocycles. The number of piperidine rings is 1. The average molecular weight is 330 g/mol. The number of amides is 1. The Hall–Kier alpha value is -1.95. The van der Waals surface area contributed by atoms with Crippen molar-refractivity contribution in [3.8, 4) is 0 Å². The van der Waals surface area contributed by atoms with Crippen molar-refractivity contribution in [1.82, 2.24) is 19.8 Å². The number of aromatic nitrogens is 2. The lowest BCUT2D eigenvalue weighted by atomic mass is 9.94. The minimum atomic E-state index is -0.279. The van der Waals surface area contributed by atoms with Crippen LogP contribution in [0, 0.1) is 11.7 Å². The molecule has 0 spiro atoms. The maximum Gasteiger partial charge on any atom is 0.223 e. The first kappa shape index (κ1) is 15.6. The monoisotopic (exact) mass is 330 g/mol. The van der Waals surface area contributed by atoms with Gasteiger partial charge in [-0.1, -0.05) is 0 Å². The van der Waals surface area contributed by atoms with Crippen LogP contribution in [0.1, 0.15) is 25.1 Å². The lowest BCUT2D eigenvalue weighted by molar-refractivity contribution is -0.135. The first-order valence-electron chi connectivity index (χ1n) is 8.70. The number of hydrogen-bond donors (Lipinski definition) is 1. The van der Waals surface area contributed by atoms with Crippen LogP contribution in [0.25, 0.3) is 11.0 Å². The molecule has 5 nitrogen and oxygen atoms in total. The van der Waals surface area contributed by atoms with Crippen LogP contribution in [0.5, 0.6) is 0 Å². The van der Waals surface area contributed by atoms with E-state index in [2.05, 4.69) is 26.8 Å². The molecule has 3 saturated heterocycles. The van der Waals surface area contributed by atoms with E-state index in [0.717, 1.165) is 37.4 Å². The second kappa shape index (κ2) is 6.16. The maximum atomic E-state index is 13.2. The Morgan fingerprint density at radius 1 is 1.33 bits per heavy atom. The van der Waals surface area contributed by atoms with Crippen LogP contribution in [-0.4, -0.2) is 58.4 Å². The van der Waals surface area contributed by atoms with Crippen LogP contribution in [-0.2, 0) is 11.2 Å². The molecule has 3 fully saturated rings. The van der Waals surface area contributed by atoms with Crippen molar-refractivity contribution < 1.29 is 9.18 Å². The van der Waals surface area contributed by atoms with Gasteiger partial charge in [0.15, 0.2) is 0 Å². The molecule has 0 aliphatic carbocycles. The molecular weight excluding hydrogens is 307 g/mol.